The molecule has 10 heteroatoms. The van der Waals surface area contributed by atoms with E-state index in [0.717, 1.165) is 30.7 Å². The van der Waals surface area contributed by atoms with E-state index >= 15 is 0 Å². The van der Waals surface area contributed by atoms with E-state index < -0.39 is 27.4 Å². The average molecular weight is 573 g/mol. The van der Waals surface area contributed by atoms with Crippen molar-refractivity contribution in [2.24, 2.45) is 5.92 Å². The molecule has 0 aromatic heterocycles. The molecule has 1 N–H and O–H groups in total. The molecule has 1 saturated carbocycles. The Bertz CT molecular complexity index is 1540. The Morgan fingerprint density at radius 3 is 2.23 bits per heavy atom. The smallest absolute Gasteiger partial charge is 0.257 e. The molecule has 3 aromatic rings. The number of amides is 2. The van der Waals surface area contributed by atoms with Crippen LogP contribution in [0.3, 0.4) is 0 Å². The number of likely N-dealkylation sites (tertiary alicyclic amines) is 1. The Morgan fingerprint density at radius 1 is 0.923 bits per heavy atom. The fraction of sp³-hybridized carbons (Fsp3) is 0.310. The largest absolute Gasteiger partial charge is 0.342 e. The van der Waals surface area contributed by atoms with E-state index in [0.29, 0.717) is 30.8 Å². The van der Waals surface area contributed by atoms with Gasteiger partial charge in [-0.05, 0) is 84.7 Å². The van der Waals surface area contributed by atoms with Gasteiger partial charge in [0.15, 0.2) is 21.5 Å². The van der Waals surface area contributed by atoms with Crippen LogP contribution in [0.25, 0.3) is 0 Å². The highest BCUT2D eigenvalue weighted by atomic mass is 35.5. The first kappa shape index (κ1) is 27.3. The first-order chi connectivity index (χ1) is 18.5. The quantitative estimate of drug-likeness (QED) is 0.406. The maximum Gasteiger partial charge on any atom is 0.257 e. The fourth-order valence-electron chi connectivity index (χ4n) is 5.19. The van der Waals surface area contributed by atoms with Gasteiger partial charge in [0.25, 0.3) is 5.91 Å². The van der Waals surface area contributed by atoms with Gasteiger partial charge in [0.2, 0.25) is 5.91 Å². The van der Waals surface area contributed by atoms with Gasteiger partial charge in [-0.3, -0.25) is 9.59 Å². The summed E-state index contributed by atoms with van der Waals surface area (Å²) in [6.07, 6.45) is 3.32. The summed E-state index contributed by atoms with van der Waals surface area (Å²) in [7, 11) is -3.49. The molecule has 1 aliphatic carbocycles. The van der Waals surface area contributed by atoms with Crippen molar-refractivity contribution in [3.8, 4) is 0 Å². The molecule has 0 spiro atoms. The molecule has 2 aliphatic rings. The molecule has 5 rings (SSSR count). The third-order valence-corrected chi connectivity index (χ3v) is 8.98. The Morgan fingerprint density at radius 2 is 1.59 bits per heavy atom. The Balaban J connectivity index is 1.15. The Labute approximate surface area is 230 Å². The van der Waals surface area contributed by atoms with Gasteiger partial charge in [0.1, 0.15) is 0 Å². The summed E-state index contributed by atoms with van der Waals surface area (Å²) in [5.41, 5.74) is 2.39. The zero-order valence-corrected chi connectivity index (χ0v) is 22.7. The number of sulfone groups is 1. The number of rotatable bonds is 6. The lowest BCUT2D eigenvalue weighted by molar-refractivity contribution is -0.133. The number of nitrogens with zero attached hydrogens (tertiary/aromatic N) is 1. The highest BCUT2D eigenvalue weighted by Gasteiger charge is 2.46. The molecule has 2 unspecified atom stereocenters. The van der Waals surface area contributed by atoms with Gasteiger partial charge < -0.3 is 10.2 Å². The van der Waals surface area contributed by atoms with Crippen LogP contribution in [-0.4, -0.2) is 44.5 Å². The van der Waals surface area contributed by atoms with Gasteiger partial charge in [-0.25, -0.2) is 17.2 Å². The second kappa shape index (κ2) is 10.7. The van der Waals surface area contributed by atoms with E-state index in [9.17, 15) is 26.8 Å². The predicted molar refractivity (Wildman–Crippen MR) is 145 cm³/mol. The van der Waals surface area contributed by atoms with Crippen LogP contribution in [-0.2, 0) is 14.6 Å². The summed E-state index contributed by atoms with van der Waals surface area (Å²) in [6.45, 7) is 1.25. The zero-order valence-electron chi connectivity index (χ0n) is 21.2. The minimum absolute atomic E-state index is 0.0128. The van der Waals surface area contributed by atoms with Gasteiger partial charge >= 0.3 is 0 Å². The van der Waals surface area contributed by atoms with Crippen LogP contribution >= 0.6 is 11.6 Å². The Kier molecular flexibility index (Phi) is 7.48. The maximum absolute atomic E-state index is 13.6. The normalized spacial score (nSPS) is 19.5. The van der Waals surface area contributed by atoms with Gasteiger partial charge in [-0.1, -0.05) is 29.8 Å². The molecule has 3 aromatic carbocycles. The molecule has 1 saturated heterocycles. The van der Waals surface area contributed by atoms with Gasteiger partial charge in [-0.2, -0.15) is 0 Å². The van der Waals surface area contributed by atoms with E-state index in [1.807, 2.05) is 17.0 Å². The highest BCUT2D eigenvalue weighted by Crippen LogP contribution is 2.49. The molecule has 2 atom stereocenters. The fourth-order valence-corrected chi connectivity index (χ4v) is 6.04. The predicted octanol–water partition coefficient (Wildman–Crippen LogP) is 5.78. The number of nitrogens with one attached hydrogen (secondary N) is 1. The number of carbonyl (C=O) groups excluding carboxylic acids is 2. The van der Waals surface area contributed by atoms with E-state index in [1.165, 1.54) is 24.3 Å². The molecular formula is C29H27ClF2N2O4S. The summed E-state index contributed by atoms with van der Waals surface area (Å²) in [5.74, 6) is -2.18. The third kappa shape index (κ3) is 5.99. The number of hydrogen-bond donors (Lipinski definition) is 1. The average Bonchev–Trinajstić information content (AvgIpc) is 3.71. The van der Waals surface area contributed by atoms with Crippen molar-refractivity contribution in [1.29, 1.82) is 0 Å². The summed E-state index contributed by atoms with van der Waals surface area (Å²) in [5, 5.41) is 2.91. The highest BCUT2D eigenvalue weighted by molar-refractivity contribution is 7.90. The number of benzene rings is 3. The lowest BCUT2D eigenvalue weighted by atomic mass is 9.89. The van der Waals surface area contributed by atoms with Crippen LogP contribution in [0.5, 0.6) is 0 Å². The van der Waals surface area contributed by atoms with E-state index in [1.54, 1.807) is 18.2 Å². The molecule has 1 heterocycles. The van der Waals surface area contributed by atoms with Gasteiger partial charge in [0, 0.05) is 31.0 Å². The second-order valence-electron chi connectivity index (χ2n) is 10.2. The first-order valence-electron chi connectivity index (χ1n) is 12.7. The molecular weight excluding hydrogens is 546 g/mol. The van der Waals surface area contributed by atoms with Crippen LogP contribution in [0.1, 0.15) is 52.6 Å². The second-order valence-corrected chi connectivity index (χ2v) is 12.6. The molecule has 39 heavy (non-hydrogen) atoms. The van der Waals surface area contributed by atoms with Gasteiger partial charge in [-0.15, -0.1) is 0 Å². The minimum Gasteiger partial charge on any atom is -0.342 e. The van der Waals surface area contributed by atoms with Crippen LogP contribution in [0.15, 0.2) is 65.6 Å². The van der Waals surface area contributed by atoms with Crippen molar-refractivity contribution in [1.82, 2.24) is 4.90 Å². The van der Waals surface area contributed by atoms with Crippen molar-refractivity contribution in [3.63, 3.8) is 0 Å². The lowest BCUT2D eigenvalue weighted by Gasteiger charge is -2.32. The minimum atomic E-state index is -3.49. The maximum atomic E-state index is 13.6. The van der Waals surface area contributed by atoms with E-state index in [2.05, 4.69) is 5.32 Å². The topological polar surface area (TPSA) is 83.6 Å². The molecule has 1 aliphatic heterocycles. The van der Waals surface area contributed by atoms with Crippen LogP contribution in [0.2, 0.25) is 5.02 Å². The first-order valence-corrected chi connectivity index (χ1v) is 14.9. The molecule has 0 bridgehead atoms. The molecule has 2 amide bonds. The molecule has 0 radical (unpaired) electrons. The van der Waals surface area contributed by atoms with E-state index in [4.69, 9.17) is 11.6 Å². The number of carbonyl (C=O) groups is 2. The van der Waals surface area contributed by atoms with Crippen molar-refractivity contribution in [2.45, 2.75) is 36.0 Å². The summed E-state index contributed by atoms with van der Waals surface area (Å²) < 4.78 is 50.5. The van der Waals surface area contributed by atoms with Gasteiger partial charge in [0.05, 0.1) is 15.5 Å². The number of hydrogen-bond acceptors (Lipinski definition) is 4. The zero-order chi connectivity index (χ0) is 27.9. The standard InChI is InChI=1S/C29H27ClF2N2O4S/c1-39(37,38)21-7-8-25(30)24(15-21)28(35)33-20-5-2-17(3-6-20)18-10-12-34(13-11-18)29(36)23-16-22(23)19-4-9-26(31)27(32)14-19/h2-9,14-15,18,22-23H,10-13,16H2,1H3,(H,33,35). The third-order valence-electron chi connectivity index (χ3n) is 7.54. The van der Waals surface area contributed by atoms with Crippen LogP contribution in [0.4, 0.5) is 14.5 Å². The van der Waals surface area contributed by atoms with Crippen LogP contribution < -0.4 is 5.32 Å². The number of halogens is 3. The summed E-state index contributed by atoms with van der Waals surface area (Å²) in [6, 6.07) is 15.3. The number of piperidine rings is 1. The SMILES string of the molecule is CS(=O)(=O)c1ccc(Cl)c(C(=O)Nc2ccc(C3CCN(C(=O)C4CC4c4ccc(F)c(F)c4)CC3)cc2)c1. The van der Waals surface area contributed by atoms with Crippen molar-refractivity contribution >= 4 is 38.9 Å². The van der Waals surface area contributed by atoms with E-state index in [-0.39, 0.29) is 39.1 Å². The molecule has 204 valence electrons. The molecule has 2 fully saturated rings. The van der Waals surface area contributed by atoms with Crippen LogP contribution in [0, 0.1) is 17.6 Å². The molecule has 6 nitrogen and oxygen atoms in total. The summed E-state index contributed by atoms with van der Waals surface area (Å²) in [4.78, 5) is 27.6. The lowest BCUT2D eigenvalue weighted by Crippen LogP contribution is -2.39. The van der Waals surface area contributed by atoms with Crippen molar-refractivity contribution in [2.75, 3.05) is 24.7 Å². The van der Waals surface area contributed by atoms with Crippen molar-refractivity contribution in [3.05, 3.63) is 94.0 Å². The monoisotopic (exact) mass is 572 g/mol. The Hall–Kier alpha value is -3.30. The number of anilines is 1. The van der Waals surface area contributed by atoms with Crippen molar-refractivity contribution < 1.29 is 26.8 Å². The summed E-state index contributed by atoms with van der Waals surface area (Å²) >= 11 is 6.13.